The number of amides is 2. The van der Waals surface area contributed by atoms with E-state index >= 15 is 0 Å². The van der Waals surface area contributed by atoms with Crippen LogP contribution >= 0.6 is 0 Å². The molecule has 24 heavy (non-hydrogen) atoms. The van der Waals surface area contributed by atoms with Gasteiger partial charge in [-0.25, -0.2) is 4.79 Å². The van der Waals surface area contributed by atoms with Crippen LogP contribution in [-0.4, -0.2) is 28.1 Å². The van der Waals surface area contributed by atoms with Crippen molar-refractivity contribution in [2.45, 2.75) is 32.2 Å². The summed E-state index contributed by atoms with van der Waals surface area (Å²) in [5.74, 6) is -0.875. The summed E-state index contributed by atoms with van der Waals surface area (Å²) >= 11 is 0. The van der Waals surface area contributed by atoms with E-state index in [4.69, 9.17) is 5.11 Å². The fourth-order valence-electron chi connectivity index (χ4n) is 2.40. The van der Waals surface area contributed by atoms with Gasteiger partial charge in [-0.3, -0.25) is 9.78 Å². The van der Waals surface area contributed by atoms with Gasteiger partial charge >= 0.3 is 12.0 Å². The molecule has 0 saturated heterocycles. The Morgan fingerprint density at radius 2 is 1.96 bits per heavy atom. The van der Waals surface area contributed by atoms with Gasteiger partial charge in [0, 0.05) is 30.0 Å². The molecule has 1 atom stereocenters. The molecule has 6 heteroatoms. The highest BCUT2D eigenvalue weighted by Crippen LogP contribution is 2.10. The molecule has 0 radical (unpaired) electrons. The second-order valence-corrected chi connectivity index (χ2v) is 5.60. The standard InChI is InChI=1S/C18H21N3O3/c1-13-11-16(9-10-19-13)21-18(24)20-15(7-8-17(22)23)12-14-5-3-2-4-6-14/h2-6,9-11,15H,7-8,12H2,1H3,(H,22,23)(H2,19,20,21,24). The van der Waals surface area contributed by atoms with Crippen LogP contribution in [-0.2, 0) is 11.2 Å². The lowest BCUT2D eigenvalue weighted by Crippen LogP contribution is -2.39. The van der Waals surface area contributed by atoms with Gasteiger partial charge in [0.2, 0.25) is 0 Å². The maximum Gasteiger partial charge on any atom is 0.319 e. The fourth-order valence-corrected chi connectivity index (χ4v) is 2.40. The lowest BCUT2D eigenvalue weighted by Gasteiger charge is -2.19. The first-order valence-corrected chi connectivity index (χ1v) is 7.79. The predicted molar refractivity (Wildman–Crippen MR) is 91.9 cm³/mol. The second kappa shape index (κ2) is 8.67. The Kier molecular flexibility index (Phi) is 6.31. The number of nitrogens with zero attached hydrogens (tertiary/aromatic N) is 1. The number of carboxylic acid groups (broad SMARTS) is 1. The first-order chi connectivity index (χ1) is 11.5. The van der Waals surface area contributed by atoms with Crippen LogP contribution in [0.25, 0.3) is 0 Å². The summed E-state index contributed by atoms with van der Waals surface area (Å²) in [5, 5.41) is 14.5. The van der Waals surface area contributed by atoms with Gasteiger partial charge in [-0.05, 0) is 37.5 Å². The molecule has 1 unspecified atom stereocenters. The molecule has 2 aromatic rings. The summed E-state index contributed by atoms with van der Waals surface area (Å²) in [6.07, 6.45) is 2.58. The molecule has 1 heterocycles. The van der Waals surface area contributed by atoms with Crippen molar-refractivity contribution in [1.82, 2.24) is 10.3 Å². The molecule has 0 aliphatic rings. The van der Waals surface area contributed by atoms with Gasteiger partial charge in [0.05, 0.1) is 0 Å². The van der Waals surface area contributed by atoms with Crippen LogP contribution < -0.4 is 10.6 Å². The lowest BCUT2D eigenvalue weighted by molar-refractivity contribution is -0.137. The summed E-state index contributed by atoms with van der Waals surface area (Å²) in [4.78, 5) is 27.1. The highest BCUT2D eigenvalue weighted by Gasteiger charge is 2.15. The molecule has 1 aromatic carbocycles. The van der Waals surface area contributed by atoms with E-state index in [1.165, 1.54) is 0 Å². The van der Waals surface area contributed by atoms with E-state index in [9.17, 15) is 9.59 Å². The molecule has 6 nitrogen and oxygen atoms in total. The van der Waals surface area contributed by atoms with Crippen LogP contribution in [0.3, 0.4) is 0 Å². The highest BCUT2D eigenvalue weighted by atomic mass is 16.4. The number of aromatic nitrogens is 1. The maximum absolute atomic E-state index is 12.2. The van der Waals surface area contributed by atoms with E-state index in [2.05, 4.69) is 15.6 Å². The van der Waals surface area contributed by atoms with Crippen LogP contribution in [0, 0.1) is 6.92 Å². The largest absolute Gasteiger partial charge is 0.481 e. The van der Waals surface area contributed by atoms with E-state index in [0.717, 1.165) is 11.3 Å². The molecular formula is C18H21N3O3. The van der Waals surface area contributed by atoms with E-state index < -0.39 is 5.97 Å². The molecule has 126 valence electrons. The third-order valence-electron chi connectivity index (χ3n) is 3.52. The minimum atomic E-state index is -0.875. The zero-order chi connectivity index (χ0) is 17.4. The normalized spacial score (nSPS) is 11.5. The number of urea groups is 1. The average molecular weight is 327 g/mol. The van der Waals surface area contributed by atoms with Crippen molar-refractivity contribution < 1.29 is 14.7 Å². The SMILES string of the molecule is Cc1cc(NC(=O)NC(CCC(=O)O)Cc2ccccc2)ccn1. The number of aryl methyl sites for hydroxylation is 1. The molecule has 0 bridgehead atoms. The first-order valence-electron chi connectivity index (χ1n) is 7.79. The second-order valence-electron chi connectivity index (χ2n) is 5.60. The molecule has 2 amide bonds. The van der Waals surface area contributed by atoms with Gasteiger partial charge in [0.25, 0.3) is 0 Å². The van der Waals surface area contributed by atoms with Gasteiger partial charge < -0.3 is 15.7 Å². The Bertz CT molecular complexity index is 689. The number of nitrogens with one attached hydrogen (secondary N) is 2. The van der Waals surface area contributed by atoms with Crippen molar-refractivity contribution in [1.29, 1.82) is 0 Å². The lowest BCUT2D eigenvalue weighted by atomic mass is 10.0. The Morgan fingerprint density at radius 1 is 1.21 bits per heavy atom. The molecular weight excluding hydrogens is 306 g/mol. The molecule has 0 aliphatic heterocycles. The van der Waals surface area contributed by atoms with Gasteiger partial charge in [-0.1, -0.05) is 30.3 Å². The molecule has 2 rings (SSSR count). The van der Waals surface area contributed by atoms with Crippen LogP contribution in [0.4, 0.5) is 10.5 Å². The Balaban J connectivity index is 1.98. The van der Waals surface area contributed by atoms with Crippen molar-refractivity contribution in [3.05, 3.63) is 59.9 Å². The summed E-state index contributed by atoms with van der Waals surface area (Å²) < 4.78 is 0. The van der Waals surface area contributed by atoms with Crippen molar-refractivity contribution in [3.63, 3.8) is 0 Å². The third-order valence-corrected chi connectivity index (χ3v) is 3.52. The van der Waals surface area contributed by atoms with Crippen molar-refractivity contribution in [2.24, 2.45) is 0 Å². The number of rotatable bonds is 7. The molecule has 0 fully saturated rings. The first kappa shape index (κ1) is 17.5. The molecule has 1 aromatic heterocycles. The van der Waals surface area contributed by atoms with Gasteiger partial charge in [0.15, 0.2) is 0 Å². The number of carbonyl (C=O) groups is 2. The smallest absolute Gasteiger partial charge is 0.319 e. The fraction of sp³-hybridized carbons (Fsp3) is 0.278. The van der Waals surface area contributed by atoms with E-state index in [0.29, 0.717) is 18.5 Å². The van der Waals surface area contributed by atoms with Crippen molar-refractivity contribution in [3.8, 4) is 0 Å². The van der Waals surface area contributed by atoms with Crippen LogP contribution in [0.5, 0.6) is 0 Å². The predicted octanol–water partition coefficient (Wildman–Crippen LogP) is 2.99. The minimum absolute atomic E-state index is 0.00610. The number of pyridine rings is 1. The zero-order valence-corrected chi connectivity index (χ0v) is 13.5. The Labute approximate surface area is 140 Å². The highest BCUT2D eigenvalue weighted by molar-refractivity contribution is 5.89. The van der Waals surface area contributed by atoms with Crippen molar-refractivity contribution in [2.75, 3.05) is 5.32 Å². The van der Waals surface area contributed by atoms with Crippen LogP contribution in [0.1, 0.15) is 24.1 Å². The number of hydrogen-bond donors (Lipinski definition) is 3. The monoisotopic (exact) mass is 327 g/mol. The number of carbonyl (C=O) groups excluding carboxylic acids is 1. The van der Waals surface area contributed by atoms with E-state index in [1.807, 2.05) is 37.3 Å². The maximum atomic E-state index is 12.2. The van der Waals surface area contributed by atoms with Gasteiger partial charge in [0.1, 0.15) is 0 Å². The minimum Gasteiger partial charge on any atom is -0.481 e. The number of anilines is 1. The van der Waals surface area contributed by atoms with Crippen molar-refractivity contribution >= 4 is 17.7 Å². The van der Waals surface area contributed by atoms with E-state index in [1.54, 1.807) is 18.3 Å². The van der Waals surface area contributed by atoms with Gasteiger partial charge in [-0.15, -0.1) is 0 Å². The molecule has 0 saturated carbocycles. The zero-order valence-electron chi connectivity index (χ0n) is 13.5. The third kappa shape index (κ3) is 6.08. The summed E-state index contributed by atoms with van der Waals surface area (Å²) in [5.41, 5.74) is 2.50. The molecule has 3 N–H and O–H groups in total. The number of hydrogen-bond acceptors (Lipinski definition) is 3. The Morgan fingerprint density at radius 3 is 2.62 bits per heavy atom. The summed E-state index contributed by atoms with van der Waals surface area (Å²) in [6, 6.07) is 12.5. The quantitative estimate of drug-likeness (QED) is 0.729. The summed E-state index contributed by atoms with van der Waals surface area (Å²) in [7, 11) is 0. The summed E-state index contributed by atoms with van der Waals surface area (Å²) in [6.45, 7) is 1.84. The van der Waals surface area contributed by atoms with E-state index in [-0.39, 0.29) is 18.5 Å². The van der Waals surface area contributed by atoms with Gasteiger partial charge in [-0.2, -0.15) is 0 Å². The topological polar surface area (TPSA) is 91.3 Å². The number of aliphatic carboxylic acids is 1. The Hall–Kier alpha value is -2.89. The molecule has 0 spiro atoms. The number of benzene rings is 1. The van der Waals surface area contributed by atoms with Crippen LogP contribution in [0.2, 0.25) is 0 Å². The van der Waals surface area contributed by atoms with Crippen LogP contribution in [0.15, 0.2) is 48.7 Å². The average Bonchev–Trinajstić information content (AvgIpc) is 2.53. The molecule has 0 aliphatic carbocycles. The number of carboxylic acids is 1.